The maximum atomic E-state index is 13.2. The number of rotatable bonds is 6. The highest BCUT2D eigenvalue weighted by molar-refractivity contribution is 6.31. The highest BCUT2D eigenvalue weighted by Crippen LogP contribution is 2.22. The SMILES string of the molecule is CC(C)C(NC(=O)c1ccc(=O)n(Cc2ccccc2Cl)c1)c1ccc(F)cc1. The van der Waals surface area contributed by atoms with Crippen LogP contribution in [-0.4, -0.2) is 10.5 Å². The van der Waals surface area contributed by atoms with E-state index in [9.17, 15) is 14.0 Å². The second kappa shape index (κ2) is 9.05. The number of hydrogen-bond acceptors (Lipinski definition) is 2. The summed E-state index contributed by atoms with van der Waals surface area (Å²) in [6.07, 6.45) is 1.53. The molecule has 1 heterocycles. The topological polar surface area (TPSA) is 51.1 Å². The molecule has 2 aromatic carbocycles. The quantitative estimate of drug-likeness (QED) is 0.631. The third-order valence-electron chi connectivity index (χ3n) is 4.73. The molecule has 1 unspecified atom stereocenters. The van der Waals surface area contributed by atoms with E-state index in [0.29, 0.717) is 10.6 Å². The summed E-state index contributed by atoms with van der Waals surface area (Å²) in [7, 11) is 0. The Kier molecular flexibility index (Phi) is 6.49. The average Bonchev–Trinajstić information content (AvgIpc) is 2.70. The number of pyridine rings is 1. The molecule has 0 bridgehead atoms. The van der Waals surface area contributed by atoms with Crippen molar-refractivity contribution in [3.05, 3.63) is 105 Å². The van der Waals surface area contributed by atoms with Crippen molar-refractivity contribution in [3.8, 4) is 0 Å². The Morgan fingerprint density at radius 3 is 2.41 bits per heavy atom. The van der Waals surface area contributed by atoms with Gasteiger partial charge in [-0.05, 0) is 41.3 Å². The normalized spacial score (nSPS) is 12.0. The van der Waals surface area contributed by atoms with E-state index in [-0.39, 0.29) is 35.8 Å². The van der Waals surface area contributed by atoms with Crippen LogP contribution in [0.4, 0.5) is 4.39 Å². The first-order valence-corrected chi connectivity index (χ1v) is 9.73. The van der Waals surface area contributed by atoms with E-state index in [1.807, 2.05) is 32.0 Å². The molecule has 1 amide bonds. The van der Waals surface area contributed by atoms with Gasteiger partial charge in [0, 0.05) is 17.3 Å². The van der Waals surface area contributed by atoms with Crippen LogP contribution < -0.4 is 10.9 Å². The van der Waals surface area contributed by atoms with Crippen LogP contribution in [0.3, 0.4) is 0 Å². The molecular formula is C23H22ClFN2O2. The fourth-order valence-electron chi connectivity index (χ4n) is 3.13. The molecule has 0 aliphatic heterocycles. The van der Waals surface area contributed by atoms with Crippen molar-refractivity contribution in [2.75, 3.05) is 0 Å². The maximum absolute atomic E-state index is 13.2. The standard InChI is InChI=1S/C23H22ClFN2O2/c1-15(2)22(16-7-10-19(25)11-8-16)26-23(29)18-9-12-21(28)27(14-18)13-17-5-3-4-6-20(17)24/h3-12,14-15,22H,13H2,1-2H3,(H,26,29). The Balaban J connectivity index is 1.84. The molecule has 3 rings (SSSR count). The highest BCUT2D eigenvalue weighted by atomic mass is 35.5. The summed E-state index contributed by atoms with van der Waals surface area (Å²) >= 11 is 6.19. The van der Waals surface area contributed by atoms with Gasteiger partial charge in [0.05, 0.1) is 18.2 Å². The molecule has 150 valence electrons. The molecule has 0 saturated heterocycles. The third-order valence-corrected chi connectivity index (χ3v) is 5.10. The van der Waals surface area contributed by atoms with E-state index in [4.69, 9.17) is 11.6 Å². The summed E-state index contributed by atoms with van der Waals surface area (Å²) in [5, 5.41) is 3.55. The van der Waals surface area contributed by atoms with Crippen LogP contribution in [0, 0.1) is 11.7 Å². The third kappa shape index (κ3) is 5.12. The summed E-state index contributed by atoms with van der Waals surface area (Å²) in [5.41, 5.74) is 1.75. The molecule has 0 spiro atoms. The minimum absolute atomic E-state index is 0.0958. The van der Waals surface area contributed by atoms with Gasteiger partial charge in [-0.2, -0.15) is 0 Å². The number of benzene rings is 2. The van der Waals surface area contributed by atoms with E-state index in [1.165, 1.54) is 35.0 Å². The number of carbonyl (C=O) groups is 1. The van der Waals surface area contributed by atoms with Crippen molar-refractivity contribution < 1.29 is 9.18 Å². The second-order valence-electron chi connectivity index (χ2n) is 7.22. The van der Waals surface area contributed by atoms with Crippen molar-refractivity contribution in [2.24, 2.45) is 5.92 Å². The summed E-state index contributed by atoms with van der Waals surface area (Å²) in [4.78, 5) is 25.1. The number of aromatic nitrogens is 1. The largest absolute Gasteiger partial charge is 0.345 e. The van der Waals surface area contributed by atoms with Crippen LogP contribution >= 0.6 is 11.6 Å². The van der Waals surface area contributed by atoms with Crippen LogP contribution in [0.5, 0.6) is 0 Å². The Bertz CT molecular complexity index is 1060. The van der Waals surface area contributed by atoms with Gasteiger partial charge in [-0.25, -0.2) is 4.39 Å². The van der Waals surface area contributed by atoms with Gasteiger partial charge in [-0.1, -0.05) is 55.8 Å². The van der Waals surface area contributed by atoms with Gasteiger partial charge in [-0.3, -0.25) is 9.59 Å². The molecule has 6 heteroatoms. The van der Waals surface area contributed by atoms with Gasteiger partial charge < -0.3 is 9.88 Å². The summed E-state index contributed by atoms with van der Waals surface area (Å²) in [6.45, 7) is 4.23. The first-order valence-electron chi connectivity index (χ1n) is 9.35. The van der Waals surface area contributed by atoms with E-state index in [1.54, 1.807) is 18.2 Å². The van der Waals surface area contributed by atoms with Crippen LogP contribution in [0.15, 0.2) is 71.7 Å². The van der Waals surface area contributed by atoms with Gasteiger partial charge in [0.15, 0.2) is 0 Å². The van der Waals surface area contributed by atoms with Gasteiger partial charge >= 0.3 is 0 Å². The number of nitrogens with one attached hydrogen (secondary N) is 1. The molecule has 0 saturated carbocycles. The van der Waals surface area contributed by atoms with Gasteiger partial charge in [0.2, 0.25) is 0 Å². The molecule has 0 radical (unpaired) electrons. The van der Waals surface area contributed by atoms with Gasteiger partial charge in [0.25, 0.3) is 11.5 Å². The maximum Gasteiger partial charge on any atom is 0.253 e. The van der Waals surface area contributed by atoms with Crippen LogP contribution in [0.2, 0.25) is 5.02 Å². The lowest BCUT2D eigenvalue weighted by Crippen LogP contribution is -2.33. The van der Waals surface area contributed by atoms with Crippen LogP contribution in [0.1, 0.15) is 41.4 Å². The number of halogens is 2. The molecule has 1 N–H and O–H groups in total. The predicted molar refractivity (Wildman–Crippen MR) is 113 cm³/mol. The predicted octanol–water partition coefficient (Wildman–Crippen LogP) is 4.82. The van der Waals surface area contributed by atoms with E-state index < -0.39 is 0 Å². The van der Waals surface area contributed by atoms with Gasteiger partial charge in [-0.15, -0.1) is 0 Å². The molecule has 29 heavy (non-hydrogen) atoms. The van der Waals surface area contributed by atoms with Crippen molar-refractivity contribution in [1.82, 2.24) is 9.88 Å². The molecule has 0 fully saturated rings. The Labute approximate surface area is 174 Å². The van der Waals surface area contributed by atoms with Crippen molar-refractivity contribution in [1.29, 1.82) is 0 Å². The van der Waals surface area contributed by atoms with Crippen LogP contribution in [-0.2, 0) is 6.54 Å². The van der Waals surface area contributed by atoms with Gasteiger partial charge in [0.1, 0.15) is 5.82 Å². The monoisotopic (exact) mass is 412 g/mol. The molecule has 1 atom stereocenters. The number of hydrogen-bond donors (Lipinski definition) is 1. The highest BCUT2D eigenvalue weighted by Gasteiger charge is 2.20. The van der Waals surface area contributed by atoms with E-state index in [2.05, 4.69) is 5.32 Å². The minimum Gasteiger partial charge on any atom is -0.345 e. The Morgan fingerprint density at radius 2 is 1.76 bits per heavy atom. The lowest BCUT2D eigenvalue weighted by Gasteiger charge is -2.23. The summed E-state index contributed by atoms with van der Waals surface area (Å²) in [6, 6.07) is 15.9. The van der Waals surface area contributed by atoms with E-state index >= 15 is 0 Å². The summed E-state index contributed by atoms with van der Waals surface area (Å²) < 4.78 is 14.7. The zero-order valence-electron chi connectivity index (χ0n) is 16.2. The fourth-order valence-corrected chi connectivity index (χ4v) is 3.32. The molecule has 3 aromatic rings. The lowest BCUT2D eigenvalue weighted by atomic mass is 9.95. The molecule has 4 nitrogen and oxygen atoms in total. The zero-order chi connectivity index (χ0) is 21.0. The van der Waals surface area contributed by atoms with Crippen molar-refractivity contribution in [2.45, 2.75) is 26.4 Å². The first kappa shape index (κ1) is 20.8. The van der Waals surface area contributed by atoms with Crippen molar-refractivity contribution >= 4 is 17.5 Å². The number of carbonyl (C=O) groups excluding carboxylic acids is 1. The lowest BCUT2D eigenvalue weighted by molar-refractivity contribution is 0.0924. The molecular weight excluding hydrogens is 391 g/mol. The number of nitrogens with zero attached hydrogens (tertiary/aromatic N) is 1. The second-order valence-corrected chi connectivity index (χ2v) is 7.63. The molecule has 1 aromatic heterocycles. The fraction of sp³-hybridized carbons (Fsp3) is 0.217. The van der Waals surface area contributed by atoms with Crippen molar-refractivity contribution in [3.63, 3.8) is 0 Å². The average molecular weight is 413 g/mol. The summed E-state index contributed by atoms with van der Waals surface area (Å²) in [5.74, 6) is -0.534. The van der Waals surface area contributed by atoms with Crippen LogP contribution in [0.25, 0.3) is 0 Å². The smallest absolute Gasteiger partial charge is 0.253 e. The minimum atomic E-state index is -0.325. The zero-order valence-corrected chi connectivity index (χ0v) is 17.0. The molecule has 0 aliphatic carbocycles. The number of amides is 1. The van der Waals surface area contributed by atoms with E-state index in [0.717, 1.165) is 11.1 Å². The first-order chi connectivity index (χ1) is 13.8. The molecule has 0 aliphatic rings. The Morgan fingerprint density at radius 1 is 1.07 bits per heavy atom. The Hall–Kier alpha value is -2.92.